The number of aromatic nitrogens is 2. The summed E-state index contributed by atoms with van der Waals surface area (Å²) in [6.07, 6.45) is -4.08. The van der Waals surface area contributed by atoms with E-state index in [0.29, 0.717) is 13.0 Å². The first kappa shape index (κ1) is 13.3. The number of para-hydroxylation sites is 1. The van der Waals surface area contributed by atoms with Crippen LogP contribution in [-0.4, -0.2) is 16.7 Å². The van der Waals surface area contributed by atoms with Crippen LogP contribution in [0.15, 0.2) is 28.7 Å². The summed E-state index contributed by atoms with van der Waals surface area (Å²) >= 11 is 0. The van der Waals surface area contributed by atoms with Crippen LogP contribution in [0.2, 0.25) is 0 Å². The standard InChI is InChI=1S/C11H11F3N4O/c12-11(13,14)7-3-1-2-4-8(7)16-10-18-17-9(19-10)5-6-15/h1-4H,5-6,15H2,(H,16,18). The predicted molar refractivity (Wildman–Crippen MR) is 61.8 cm³/mol. The molecule has 8 heteroatoms. The lowest BCUT2D eigenvalue weighted by Gasteiger charge is -2.11. The van der Waals surface area contributed by atoms with Crippen LogP contribution in [0, 0.1) is 0 Å². The molecule has 0 aliphatic heterocycles. The molecule has 0 fully saturated rings. The molecule has 1 aromatic carbocycles. The molecule has 0 atom stereocenters. The van der Waals surface area contributed by atoms with Crippen LogP contribution < -0.4 is 11.1 Å². The Balaban J connectivity index is 2.23. The lowest BCUT2D eigenvalue weighted by atomic mass is 10.2. The van der Waals surface area contributed by atoms with Crippen molar-refractivity contribution in [1.82, 2.24) is 10.2 Å². The zero-order valence-electron chi connectivity index (χ0n) is 9.74. The van der Waals surface area contributed by atoms with Crippen LogP contribution in [0.3, 0.4) is 0 Å². The maximum Gasteiger partial charge on any atom is 0.418 e. The zero-order chi connectivity index (χ0) is 13.9. The Bertz CT molecular complexity index is 553. The van der Waals surface area contributed by atoms with Crippen molar-refractivity contribution in [1.29, 1.82) is 0 Å². The monoisotopic (exact) mass is 272 g/mol. The zero-order valence-corrected chi connectivity index (χ0v) is 9.74. The number of rotatable bonds is 4. The molecule has 0 saturated heterocycles. The number of hydrogen-bond donors (Lipinski definition) is 2. The van der Waals surface area contributed by atoms with E-state index in [4.69, 9.17) is 10.2 Å². The highest BCUT2D eigenvalue weighted by molar-refractivity contribution is 5.58. The minimum Gasteiger partial charge on any atom is -0.408 e. The summed E-state index contributed by atoms with van der Waals surface area (Å²) in [4.78, 5) is 0. The van der Waals surface area contributed by atoms with Crippen molar-refractivity contribution >= 4 is 11.7 Å². The predicted octanol–water partition coefficient (Wildman–Crippen LogP) is 2.33. The van der Waals surface area contributed by atoms with Gasteiger partial charge in [-0.05, 0) is 12.1 Å². The van der Waals surface area contributed by atoms with Crippen LogP contribution in [0.5, 0.6) is 0 Å². The number of nitrogens with two attached hydrogens (primary N) is 1. The van der Waals surface area contributed by atoms with Gasteiger partial charge >= 0.3 is 12.2 Å². The van der Waals surface area contributed by atoms with E-state index in [9.17, 15) is 13.2 Å². The molecule has 2 aromatic rings. The van der Waals surface area contributed by atoms with Gasteiger partial charge in [0.2, 0.25) is 5.89 Å². The van der Waals surface area contributed by atoms with Crippen molar-refractivity contribution in [2.45, 2.75) is 12.6 Å². The summed E-state index contributed by atoms with van der Waals surface area (Å²) in [6.45, 7) is 0.320. The third-order valence-electron chi connectivity index (χ3n) is 2.30. The summed E-state index contributed by atoms with van der Waals surface area (Å²) < 4.78 is 43.4. The smallest absolute Gasteiger partial charge is 0.408 e. The van der Waals surface area contributed by atoms with Gasteiger partial charge in [0.05, 0.1) is 11.3 Å². The highest BCUT2D eigenvalue weighted by atomic mass is 19.4. The number of anilines is 2. The van der Waals surface area contributed by atoms with E-state index in [1.54, 1.807) is 0 Å². The molecule has 0 unspecified atom stereocenters. The number of nitrogens with one attached hydrogen (secondary N) is 1. The third kappa shape index (κ3) is 3.22. The Morgan fingerprint density at radius 1 is 1.21 bits per heavy atom. The minimum atomic E-state index is -4.45. The molecule has 0 spiro atoms. The Labute approximate surface area is 106 Å². The summed E-state index contributed by atoms with van der Waals surface area (Å²) in [5.74, 6) is 0.273. The van der Waals surface area contributed by atoms with Crippen molar-refractivity contribution in [2.75, 3.05) is 11.9 Å². The number of alkyl halides is 3. The van der Waals surface area contributed by atoms with Gasteiger partial charge in [-0.15, -0.1) is 5.10 Å². The summed E-state index contributed by atoms with van der Waals surface area (Å²) in [6, 6.07) is 4.95. The van der Waals surface area contributed by atoms with Gasteiger partial charge in [-0.2, -0.15) is 13.2 Å². The molecule has 19 heavy (non-hydrogen) atoms. The lowest BCUT2D eigenvalue weighted by Crippen LogP contribution is -2.08. The fourth-order valence-corrected chi connectivity index (χ4v) is 1.48. The van der Waals surface area contributed by atoms with E-state index >= 15 is 0 Å². The molecule has 0 aliphatic carbocycles. The normalized spacial score (nSPS) is 11.6. The van der Waals surface area contributed by atoms with Gasteiger partial charge in [-0.3, -0.25) is 0 Å². The second kappa shape index (κ2) is 5.27. The van der Waals surface area contributed by atoms with Crippen molar-refractivity contribution in [3.05, 3.63) is 35.7 Å². The van der Waals surface area contributed by atoms with Crippen molar-refractivity contribution in [3.8, 4) is 0 Å². The molecular formula is C11H11F3N4O. The molecule has 1 aromatic heterocycles. The van der Waals surface area contributed by atoms with Gasteiger partial charge in [0.25, 0.3) is 0 Å². The number of nitrogens with zero attached hydrogens (tertiary/aromatic N) is 2. The van der Waals surface area contributed by atoms with E-state index in [2.05, 4.69) is 15.5 Å². The second-order valence-electron chi connectivity index (χ2n) is 3.71. The van der Waals surface area contributed by atoms with Gasteiger partial charge in [0.1, 0.15) is 0 Å². The van der Waals surface area contributed by atoms with Gasteiger partial charge < -0.3 is 15.5 Å². The highest BCUT2D eigenvalue weighted by Crippen LogP contribution is 2.35. The molecule has 2 rings (SSSR count). The lowest BCUT2D eigenvalue weighted by molar-refractivity contribution is -0.136. The van der Waals surface area contributed by atoms with E-state index in [0.717, 1.165) is 6.07 Å². The Morgan fingerprint density at radius 2 is 1.95 bits per heavy atom. The molecule has 0 aliphatic rings. The van der Waals surface area contributed by atoms with Crippen LogP contribution in [0.1, 0.15) is 11.5 Å². The maximum atomic E-state index is 12.8. The fraction of sp³-hybridized carbons (Fsp3) is 0.273. The van der Waals surface area contributed by atoms with Crippen LogP contribution in [-0.2, 0) is 12.6 Å². The summed E-state index contributed by atoms with van der Waals surface area (Å²) in [5, 5.41) is 9.71. The van der Waals surface area contributed by atoms with E-state index < -0.39 is 11.7 Å². The molecule has 0 bridgehead atoms. The average molecular weight is 272 g/mol. The van der Waals surface area contributed by atoms with Crippen molar-refractivity contribution in [3.63, 3.8) is 0 Å². The van der Waals surface area contributed by atoms with E-state index in [-0.39, 0.29) is 17.6 Å². The Hall–Kier alpha value is -2.09. The topological polar surface area (TPSA) is 77.0 Å². The first-order valence-corrected chi connectivity index (χ1v) is 5.46. The quantitative estimate of drug-likeness (QED) is 0.893. The largest absolute Gasteiger partial charge is 0.418 e. The fourth-order valence-electron chi connectivity index (χ4n) is 1.48. The first-order chi connectivity index (χ1) is 9.00. The number of halogens is 3. The van der Waals surface area contributed by atoms with E-state index in [1.165, 1.54) is 18.2 Å². The number of hydrogen-bond acceptors (Lipinski definition) is 5. The van der Waals surface area contributed by atoms with Gasteiger partial charge in [-0.25, -0.2) is 0 Å². The van der Waals surface area contributed by atoms with Crippen LogP contribution >= 0.6 is 0 Å². The average Bonchev–Trinajstić information content (AvgIpc) is 2.76. The maximum absolute atomic E-state index is 12.8. The van der Waals surface area contributed by atoms with Crippen LogP contribution in [0.25, 0.3) is 0 Å². The molecule has 5 nitrogen and oxygen atoms in total. The highest BCUT2D eigenvalue weighted by Gasteiger charge is 2.33. The molecule has 0 saturated carbocycles. The van der Waals surface area contributed by atoms with Gasteiger partial charge in [0, 0.05) is 13.0 Å². The molecule has 0 radical (unpaired) electrons. The number of benzene rings is 1. The molecule has 102 valence electrons. The summed E-state index contributed by atoms with van der Waals surface area (Å²) in [7, 11) is 0. The third-order valence-corrected chi connectivity index (χ3v) is 2.30. The Kier molecular flexibility index (Phi) is 3.70. The van der Waals surface area contributed by atoms with E-state index in [1.807, 2.05) is 0 Å². The summed E-state index contributed by atoms with van der Waals surface area (Å²) in [5.41, 5.74) is 4.37. The SMILES string of the molecule is NCCc1nnc(Nc2ccccc2C(F)(F)F)o1. The van der Waals surface area contributed by atoms with Crippen molar-refractivity contribution in [2.24, 2.45) is 5.73 Å². The molecular weight excluding hydrogens is 261 g/mol. The first-order valence-electron chi connectivity index (χ1n) is 5.46. The Morgan fingerprint density at radius 3 is 2.63 bits per heavy atom. The van der Waals surface area contributed by atoms with Gasteiger partial charge in [-0.1, -0.05) is 17.2 Å². The van der Waals surface area contributed by atoms with Crippen molar-refractivity contribution < 1.29 is 17.6 Å². The molecule has 0 amide bonds. The van der Waals surface area contributed by atoms with Gasteiger partial charge in [0.15, 0.2) is 0 Å². The molecule has 3 N–H and O–H groups in total. The van der Waals surface area contributed by atoms with Crippen LogP contribution in [0.4, 0.5) is 24.9 Å². The second-order valence-corrected chi connectivity index (χ2v) is 3.71. The minimum absolute atomic E-state index is 0.0971. The molecule has 1 heterocycles.